The molecule has 0 fully saturated rings. The van der Waals surface area contributed by atoms with Crippen LogP contribution in [0.1, 0.15) is 28.4 Å². The van der Waals surface area contributed by atoms with Crippen molar-refractivity contribution in [2.45, 2.75) is 31.2 Å². The van der Waals surface area contributed by atoms with Gasteiger partial charge in [-0.1, -0.05) is 48.0 Å². The maximum absolute atomic E-state index is 12.6. The van der Waals surface area contributed by atoms with E-state index in [1.54, 1.807) is 30.3 Å². The van der Waals surface area contributed by atoms with Gasteiger partial charge >= 0.3 is 0 Å². The molecule has 0 spiro atoms. The van der Waals surface area contributed by atoms with E-state index in [-0.39, 0.29) is 17.0 Å². The zero-order valence-corrected chi connectivity index (χ0v) is 17.5. The van der Waals surface area contributed by atoms with Crippen LogP contribution in [0.4, 0.5) is 0 Å². The minimum Gasteiger partial charge on any atom is -0.350 e. The standard InChI is InChI=1S/C22H22N2O5S/c1-14-7-10-17(11-8-14)30(28,29)24-20(15(2)25)13-23-22(27)19-12-9-16-5-3-4-6-18(16)21(19)26/h3-8,10-12,20,24H,9,13H2,1-2H3,(H,23,27). The average molecular weight is 426 g/mol. The molecule has 0 bridgehead atoms. The number of allylic oxidation sites excluding steroid dienone is 1. The fourth-order valence-electron chi connectivity index (χ4n) is 3.10. The fraction of sp³-hybridized carbons (Fsp3) is 0.227. The molecule has 3 rings (SSSR count). The molecule has 2 aromatic rings. The lowest BCUT2D eigenvalue weighted by molar-refractivity contribution is -0.119. The molecule has 2 aromatic carbocycles. The largest absolute Gasteiger partial charge is 0.350 e. The summed E-state index contributed by atoms with van der Waals surface area (Å²) in [4.78, 5) is 37.1. The number of sulfonamides is 1. The number of hydrogen-bond acceptors (Lipinski definition) is 5. The van der Waals surface area contributed by atoms with Gasteiger partial charge in [0.2, 0.25) is 10.0 Å². The molecule has 7 nitrogen and oxygen atoms in total. The van der Waals surface area contributed by atoms with Crippen LogP contribution < -0.4 is 10.0 Å². The summed E-state index contributed by atoms with van der Waals surface area (Å²) in [7, 11) is -3.95. The highest BCUT2D eigenvalue weighted by Gasteiger charge is 2.28. The van der Waals surface area contributed by atoms with Crippen molar-refractivity contribution in [3.8, 4) is 0 Å². The molecule has 0 aromatic heterocycles. The number of nitrogens with one attached hydrogen (secondary N) is 2. The molecular formula is C22H22N2O5S. The number of fused-ring (bicyclic) bond motifs is 1. The van der Waals surface area contributed by atoms with Crippen molar-refractivity contribution in [3.63, 3.8) is 0 Å². The summed E-state index contributed by atoms with van der Waals surface area (Å²) >= 11 is 0. The first-order valence-electron chi connectivity index (χ1n) is 9.39. The Balaban J connectivity index is 1.69. The van der Waals surface area contributed by atoms with E-state index in [1.807, 2.05) is 19.1 Å². The van der Waals surface area contributed by atoms with Crippen molar-refractivity contribution in [3.05, 3.63) is 76.9 Å². The highest BCUT2D eigenvalue weighted by atomic mass is 32.2. The van der Waals surface area contributed by atoms with Crippen LogP contribution in [0.3, 0.4) is 0 Å². The number of rotatable bonds is 7. The smallest absolute Gasteiger partial charge is 0.255 e. The minimum atomic E-state index is -3.95. The molecule has 0 saturated carbocycles. The lowest BCUT2D eigenvalue weighted by Crippen LogP contribution is -2.48. The summed E-state index contributed by atoms with van der Waals surface area (Å²) in [6.07, 6.45) is 1.99. The SMILES string of the molecule is CC(=O)C(CNC(=O)C1=CCc2ccccc2C1=O)NS(=O)(=O)c1ccc(C)cc1. The van der Waals surface area contributed by atoms with Gasteiger partial charge in [0.15, 0.2) is 5.78 Å². The second kappa shape index (κ2) is 8.73. The molecule has 156 valence electrons. The van der Waals surface area contributed by atoms with Crippen molar-refractivity contribution < 1.29 is 22.8 Å². The normalized spacial score (nSPS) is 14.5. The Kier molecular flexibility index (Phi) is 6.28. The van der Waals surface area contributed by atoms with Gasteiger partial charge in [-0.2, -0.15) is 4.72 Å². The number of benzene rings is 2. The van der Waals surface area contributed by atoms with E-state index in [0.29, 0.717) is 12.0 Å². The first kappa shape index (κ1) is 21.6. The Morgan fingerprint density at radius 3 is 2.40 bits per heavy atom. The fourth-order valence-corrected chi connectivity index (χ4v) is 4.35. The molecule has 1 unspecified atom stereocenters. The second-order valence-corrected chi connectivity index (χ2v) is 8.83. The van der Waals surface area contributed by atoms with E-state index in [2.05, 4.69) is 10.0 Å². The van der Waals surface area contributed by atoms with E-state index in [0.717, 1.165) is 11.1 Å². The molecule has 1 amide bonds. The maximum Gasteiger partial charge on any atom is 0.255 e. The molecule has 2 N–H and O–H groups in total. The molecule has 0 heterocycles. The van der Waals surface area contributed by atoms with Crippen LogP contribution in [0.5, 0.6) is 0 Å². The van der Waals surface area contributed by atoms with Crippen LogP contribution in [0.15, 0.2) is 65.1 Å². The molecular weight excluding hydrogens is 404 g/mol. The Hall–Kier alpha value is -3.10. The van der Waals surface area contributed by atoms with Crippen molar-refractivity contribution in [2.24, 2.45) is 0 Å². The van der Waals surface area contributed by atoms with Gasteiger partial charge in [-0.25, -0.2) is 8.42 Å². The third kappa shape index (κ3) is 4.72. The summed E-state index contributed by atoms with van der Waals surface area (Å²) in [6.45, 7) is 2.79. The highest BCUT2D eigenvalue weighted by Crippen LogP contribution is 2.21. The maximum atomic E-state index is 12.6. The van der Waals surface area contributed by atoms with Gasteiger partial charge in [0.25, 0.3) is 5.91 Å². The van der Waals surface area contributed by atoms with Crippen LogP contribution in [-0.4, -0.2) is 38.5 Å². The Morgan fingerprint density at radius 1 is 1.07 bits per heavy atom. The van der Waals surface area contributed by atoms with Crippen molar-refractivity contribution in [1.82, 2.24) is 10.0 Å². The molecule has 1 aliphatic carbocycles. The van der Waals surface area contributed by atoms with E-state index in [9.17, 15) is 22.8 Å². The molecule has 0 saturated heterocycles. The van der Waals surface area contributed by atoms with Gasteiger partial charge < -0.3 is 5.32 Å². The summed E-state index contributed by atoms with van der Waals surface area (Å²) in [5.41, 5.74) is 2.19. The molecule has 0 aliphatic heterocycles. The van der Waals surface area contributed by atoms with E-state index < -0.39 is 33.5 Å². The van der Waals surface area contributed by atoms with Gasteiger partial charge in [0.05, 0.1) is 16.5 Å². The van der Waals surface area contributed by atoms with Gasteiger partial charge in [0, 0.05) is 12.1 Å². The van der Waals surface area contributed by atoms with Crippen LogP contribution >= 0.6 is 0 Å². The number of Topliss-reactive ketones (excluding diaryl/α,β-unsaturated/α-hetero) is 2. The van der Waals surface area contributed by atoms with Gasteiger partial charge in [0.1, 0.15) is 5.78 Å². The average Bonchev–Trinajstić information content (AvgIpc) is 2.71. The first-order valence-corrected chi connectivity index (χ1v) is 10.9. The predicted molar refractivity (Wildman–Crippen MR) is 112 cm³/mol. The van der Waals surface area contributed by atoms with Crippen LogP contribution in [0, 0.1) is 6.92 Å². The molecule has 0 radical (unpaired) electrons. The number of carbonyl (C=O) groups excluding carboxylic acids is 3. The van der Waals surface area contributed by atoms with Gasteiger partial charge in [-0.05, 0) is 38.0 Å². The Labute approximate surface area is 175 Å². The number of hydrogen-bond donors (Lipinski definition) is 2. The number of carbonyl (C=O) groups is 3. The summed E-state index contributed by atoms with van der Waals surface area (Å²) in [5, 5.41) is 2.50. The summed E-state index contributed by atoms with van der Waals surface area (Å²) in [6, 6.07) is 12.1. The molecule has 8 heteroatoms. The molecule has 30 heavy (non-hydrogen) atoms. The van der Waals surface area contributed by atoms with Crippen molar-refractivity contribution >= 4 is 27.5 Å². The van der Waals surface area contributed by atoms with Gasteiger partial charge in [-0.3, -0.25) is 14.4 Å². The van der Waals surface area contributed by atoms with Crippen LogP contribution in [0.25, 0.3) is 0 Å². The number of amides is 1. The predicted octanol–water partition coefficient (Wildman–Crippen LogP) is 1.71. The lowest BCUT2D eigenvalue weighted by Gasteiger charge is -2.19. The monoisotopic (exact) mass is 426 g/mol. The Bertz CT molecular complexity index is 1130. The number of aryl methyl sites for hydroxylation is 1. The molecule has 1 aliphatic rings. The summed E-state index contributed by atoms with van der Waals surface area (Å²) < 4.78 is 27.4. The van der Waals surface area contributed by atoms with Crippen molar-refractivity contribution in [1.29, 1.82) is 0 Å². The van der Waals surface area contributed by atoms with Crippen LogP contribution in [0.2, 0.25) is 0 Å². The third-order valence-electron chi connectivity index (χ3n) is 4.86. The van der Waals surface area contributed by atoms with E-state index in [4.69, 9.17) is 0 Å². The second-order valence-electron chi connectivity index (χ2n) is 7.12. The quantitative estimate of drug-likeness (QED) is 0.655. The van der Waals surface area contributed by atoms with Crippen LogP contribution in [-0.2, 0) is 26.0 Å². The summed E-state index contributed by atoms with van der Waals surface area (Å²) in [5.74, 6) is -1.50. The highest BCUT2D eigenvalue weighted by molar-refractivity contribution is 7.89. The molecule has 1 atom stereocenters. The third-order valence-corrected chi connectivity index (χ3v) is 6.35. The first-order chi connectivity index (χ1) is 14.2. The zero-order chi connectivity index (χ0) is 21.9. The zero-order valence-electron chi connectivity index (χ0n) is 16.6. The lowest BCUT2D eigenvalue weighted by atomic mass is 9.90. The van der Waals surface area contributed by atoms with E-state index in [1.165, 1.54) is 19.1 Å². The Morgan fingerprint density at radius 2 is 1.73 bits per heavy atom. The number of ketones is 2. The van der Waals surface area contributed by atoms with Gasteiger partial charge in [-0.15, -0.1) is 0 Å². The van der Waals surface area contributed by atoms with E-state index >= 15 is 0 Å². The topological polar surface area (TPSA) is 109 Å². The minimum absolute atomic E-state index is 0.0163. The van der Waals surface area contributed by atoms with Crippen molar-refractivity contribution in [2.75, 3.05) is 6.54 Å².